The van der Waals surface area contributed by atoms with Crippen molar-refractivity contribution < 1.29 is 4.79 Å². The van der Waals surface area contributed by atoms with E-state index in [0.717, 1.165) is 19.5 Å². The zero-order valence-corrected chi connectivity index (χ0v) is 8.39. The van der Waals surface area contributed by atoms with Crippen LogP contribution in [0.3, 0.4) is 0 Å². The number of carbonyl (C=O) groups excluding carboxylic acids is 1. The molecule has 3 heteroatoms. The van der Waals surface area contributed by atoms with E-state index >= 15 is 0 Å². The Bertz CT molecular complexity index is 241. The Morgan fingerprint density at radius 3 is 2.62 bits per heavy atom. The summed E-state index contributed by atoms with van der Waals surface area (Å²) in [5, 5.41) is 3.37. The monoisotopic (exact) mass is 182 g/mol. The maximum atomic E-state index is 11.2. The summed E-state index contributed by atoms with van der Waals surface area (Å²) in [7, 11) is 0. The third kappa shape index (κ3) is 0.966. The normalized spacial score (nSPS) is 41.8. The first-order valence-electron chi connectivity index (χ1n) is 5.02. The summed E-state index contributed by atoms with van der Waals surface area (Å²) >= 11 is 0. The van der Waals surface area contributed by atoms with E-state index in [9.17, 15) is 4.79 Å². The second-order valence-electron chi connectivity index (χ2n) is 4.99. The molecule has 1 amide bonds. The van der Waals surface area contributed by atoms with Gasteiger partial charge in [0.05, 0.1) is 5.92 Å². The summed E-state index contributed by atoms with van der Waals surface area (Å²) in [6.07, 6.45) is 2.33. The van der Waals surface area contributed by atoms with E-state index in [1.54, 1.807) is 0 Å². The largest absolute Gasteiger partial charge is 0.369 e. The van der Waals surface area contributed by atoms with Crippen LogP contribution in [0.2, 0.25) is 0 Å². The molecule has 1 aliphatic heterocycles. The molecule has 2 fully saturated rings. The van der Waals surface area contributed by atoms with Crippen molar-refractivity contribution in [1.82, 2.24) is 5.32 Å². The van der Waals surface area contributed by atoms with Crippen molar-refractivity contribution in [2.24, 2.45) is 22.5 Å². The maximum absolute atomic E-state index is 11.2. The lowest BCUT2D eigenvalue weighted by atomic mass is 9.88. The SMILES string of the molecule is CC1(C)C(C(N)=O)C12CCCNC2. The molecule has 2 unspecified atom stereocenters. The van der Waals surface area contributed by atoms with Gasteiger partial charge in [-0.1, -0.05) is 13.8 Å². The van der Waals surface area contributed by atoms with Gasteiger partial charge < -0.3 is 11.1 Å². The quantitative estimate of drug-likeness (QED) is 0.620. The summed E-state index contributed by atoms with van der Waals surface area (Å²) in [5.74, 6) is -0.0264. The van der Waals surface area contributed by atoms with Crippen LogP contribution in [0.5, 0.6) is 0 Å². The Hall–Kier alpha value is -0.570. The summed E-state index contributed by atoms with van der Waals surface area (Å²) < 4.78 is 0. The Morgan fingerprint density at radius 1 is 1.54 bits per heavy atom. The number of amides is 1. The number of hydrogen-bond acceptors (Lipinski definition) is 2. The van der Waals surface area contributed by atoms with Crippen LogP contribution in [0.4, 0.5) is 0 Å². The number of nitrogens with two attached hydrogens (primary N) is 1. The zero-order chi connectivity index (χ0) is 9.69. The average Bonchev–Trinajstić information content (AvgIpc) is 2.48. The van der Waals surface area contributed by atoms with Crippen molar-refractivity contribution in [1.29, 1.82) is 0 Å². The molecule has 3 nitrogen and oxygen atoms in total. The van der Waals surface area contributed by atoms with Gasteiger partial charge >= 0.3 is 0 Å². The van der Waals surface area contributed by atoms with Crippen LogP contribution in [0.1, 0.15) is 26.7 Å². The molecule has 0 aromatic rings. The molecule has 0 aromatic carbocycles. The maximum Gasteiger partial charge on any atom is 0.221 e. The fourth-order valence-electron chi connectivity index (χ4n) is 3.30. The van der Waals surface area contributed by atoms with Crippen molar-refractivity contribution >= 4 is 5.91 Å². The highest BCUT2D eigenvalue weighted by Gasteiger charge is 2.72. The first-order chi connectivity index (χ1) is 6.02. The smallest absolute Gasteiger partial charge is 0.221 e. The van der Waals surface area contributed by atoms with Gasteiger partial charge in [-0.05, 0) is 24.8 Å². The highest BCUT2D eigenvalue weighted by molar-refractivity contribution is 5.82. The second-order valence-corrected chi connectivity index (χ2v) is 4.99. The zero-order valence-electron chi connectivity index (χ0n) is 8.39. The van der Waals surface area contributed by atoms with Crippen molar-refractivity contribution in [3.05, 3.63) is 0 Å². The van der Waals surface area contributed by atoms with Crippen molar-refractivity contribution in [3.8, 4) is 0 Å². The highest BCUT2D eigenvalue weighted by Crippen LogP contribution is 2.71. The topological polar surface area (TPSA) is 55.1 Å². The van der Waals surface area contributed by atoms with E-state index in [4.69, 9.17) is 5.73 Å². The molecule has 1 spiro atoms. The molecule has 0 aromatic heterocycles. The predicted octanol–water partition coefficient (Wildman–Crippen LogP) is 0.498. The number of rotatable bonds is 1. The van der Waals surface area contributed by atoms with E-state index < -0.39 is 0 Å². The number of hydrogen-bond donors (Lipinski definition) is 2. The minimum atomic E-state index is -0.117. The van der Waals surface area contributed by atoms with E-state index in [0.29, 0.717) is 0 Å². The van der Waals surface area contributed by atoms with Crippen LogP contribution in [-0.2, 0) is 4.79 Å². The molecular weight excluding hydrogens is 164 g/mol. The van der Waals surface area contributed by atoms with Crippen molar-refractivity contribution in [3.63, 3.8) is 0 Å². The fourth-order valence-corrected chi connectivity index (χ4v) is 3.30. The van der Waals surface area contributed by atoms with E-state index in [1.165, 1.54) is 6.42 Å². The summed E-state index contributed by atoms with van der Waals surface area (Å²) in [6.45, 7) is 6.38. The number of primary amides is 1. The molecule has 0 bridgehead atoms. The first kappa shape index (κ1) is 9.00. The third-order valence-corrected chi connectivity index (χ3v) is 4.18. The lowest BCUT2D eigenvalue weighted by molar-refractivity contribution is -0.120. The van der Waals surface area contributed by atoms with E-state index in [-0.39, 0.29) is 22.7 Å². The molecule has 2 atom stereocenters. The molecule has 2 aliphatic rings. The van der Waals surface area contributed by atoms with Gasteiger partial charge in [-0.2, -0.15) is 0 Å². The lowest BCUT2D eigenvalue weighted by Crippen LogP contribution is -2.35. The highest BCUT2D eigenvalue weighted by atomic mass is 16.1. The molecule has 1 saturated carbocycles. The van der Waals surface area contributed by atoms with Crippen LogP contribution in [-0.4, -0.2) is 19.0 Å². The number of nitrogens with one attached hydrogen (secondary N) is 1. The molecule has 1 saturated heterocycles. The van der Waals surface area contributed by atoms with Crippen LogP contribution in [0, 0.1) is 16.7 Å². The van der Waals surface area contributed by atoms with Crippen LogP contribution >= 0.6 is 0 Å². The van der Waals surface area contributed by atoms with Gasteiger partial charge in [0.2, 0.25) is 5.91 Å². The Labute approximate surface area is 79.1 Å². The average molecular weight is 182 g/mol. The predicted molar refractivity (Wildman–Crippen MR) is 51.0 cm³/mol. The molecule has 74 valence electrons. The summed E-state index contributed by atoms with van der Waals surface area (Å²) in [4.78, 5) is 11.2. The third-order valence-electron chi connectivity index (χ3n) is 4.18. The molecule has 1 aliphatic carbocycles. The van der Waals surface area contributed by atoms with Crippen LogP contribution in [0.15, 0.2) is 0 Å². The lowest BCUT2D eigenvalue weighted by Gasteiger charge is -2.25. The molecule has 1 heterocycles. The van der Waals surface area contributed by atoms with Gasteiger partial charge in [0.25, 0.3) is 0 Å². The standard InChI is InChI=1S/C10H18N2O/c1-9(2)7(8(11)13)10(9)4-3-5-12-6-10/h7,12H,3-6H2,1-2H3,(H2,11,13). The van der Waals surface area contributed by atoms with Crippen molar-refractivity contribution in [2.45, 2.75) is 26.7 Å². The number of carbonyl (C=O) groups is 1. The Kier molecular flexibility index (Phi) is 1.71. The minimum Gasteiger partial charge on any atom is -0.369 e. The van der Waals surface area contributed by atoms with Crippen molar-refractivity contribution in [2.75, 3.05) is 13.1 Å². The minimum absolute atomic E-state index is 0.0906. The van der Waals surface area contributed by atoms with E-state index in [1.807, 2.05) is 0 Å². The Morgan fingerprint density at radius 2 is 2.23 bits per heavy atom. The van der Waals surface area contributed by atoms with Gasteiger partial charge in [0, 0.05) is 12.0 Å². The fraction of sp³-hybridized carbons (Fsp3) is 0.900. The van der Waals surface area contributed by atoms with Gasteiger partial charge in [0.15, 0.2) is 0 Å². The molecule has 3 N–H and O–H groups in total. The van der Waals surface area contributed by atoms with Crippen LogP contribution in [0.25, 0.3) is 0 Å². The molecule has 0 radical (unpaired) electrons. The Balaban J connectivity index is 2.20. The van der Waals surface area contributed by atoms with Gasteiger partial charge in [-0.25, -0.2) is 0 Å². The first-order valence-corrected chi connectivity index (χ1v) is 5.02. The molecule has 13 heavy (non-hydrogen) atoms. The van der Waals surface area contributed by atoms with Gasteiger partial charge in [-0.15, -0.1) is 0 Å². The summed E-state index contributed by atoms with van der Waals surface area (Å²) in [6, 6.07) is 0. The van der Waals surface area contributed by atoms with Gasteiger partial charge in [-0.3, -0.25) is 4.79 Å². The van der Waals surface area contributed by atoms with Crippen LogP contribution < -0.4 is 11.1 Å². The summed E-state index contributed by atoms with van der Waals surface area (Å²) in [5.41, 5.74) is 5.71. The molecular formula is C10H18N2O. The second kappa shape index (κ2) is 2.47. The van der Waals surface area contributed by atoms with E-state index in [2.05, 4.69) is 19.2 Å². The van der Waals surface area contributed by atoms with Gasteiger partial charge in [0.1, 0.15) is 0 Å². The number of piperidine rings is 1. The molecule has 2 rings (SSSR count).